The van der Waals surface area contributed by atoms with Gasteiger partial charge in [-0.05, 0) is 29.4 Å². The Kier molecular flexibility index (Phi) is 4.42. The minimum atomic E-state index is -1.18. The molecule has 0 radical (unpaired) electrons. The number of carbonyl (C=O) groups excluding carboxylic acids is 2. The summed E-state index contributed by atoms with van der Waals surface area (Å²) in [6.07, 6.45) is 0.731. The van der Waals surface area contributed by atoms with Crippen LogP contribution in [0.1, 0.15) is 43.2 Å². The summed E-state index contributed by atoms with van der Waals surface area (Å²) in [4.78, 5) is 23.7. The molecule has 1 saturated carbocycles. The second-order valence-corrected chi connectivity index (χ2v) is 5.85. The minimum Gasteiger partial charge on any atom is -0.358 e. The third-order valence-corrected chi connectivity index (χ3v) is 4.11. The van der Waals surface area contributed by atoms with Crippen LogP contribution in [0, 0.1) is 23.2 Å². The molecule has 4 heteroatoms. The minimum absolute atomic E-state index is 0.152. The van der Waals surface area contributed by atoms with Gasteiger partial charge < -0.3 is 5.32 Å². The Balaban J connectivity index is 2.05. The molecule has 110 valence electrons. The van der Waals surface area contributed by atoms with E-state index < -0.39 is 11.8 Å². The Morgan fingerprint density at radius 1 is 1.29 bits per heavy atom. The molecule has 3 atom stereocenters. The summed E-state index contributed by atoms with van der Waals surface area (Å²) in [5.74, 6) is -1.51. The Labute approximate surface area is 125 Å². The van der Waals surface area contributed by atoms with E-state index in [2.05, 4.69) is 43.4 Å². The number of Topliss-reactive ketones (excluding diaryl/α,β-unsaturated/α-hetero) is 1. The summed E-state index contributed by atoms with van der Waals surface area (Å²) >= 11 is 0. The van der Waals surface area contributed by atoms with Gasteiger partial charge in [0.2, 0.25) is 5.91 Å². The molecule has 0 heterocycles. The van der Waals surface area contributed by atoms with E-state index >= 15 is 0 Å². The number of nitrogens with zero attached hydrogens (tertiary/aromatic N) is 1. The fourth-order valence-electron chi connectivity index (χ4n) is 2.62. The van der Waals surface area contributed by atoms with Crippen LogP contribution in [0.25, 0.3) is 0 Å². The van der Waals surface area contributed by atoms with Gasteiger partial charge in [-0.15, -0.1) is 0 Å². The zero-order chi connectivity index (χ0) is 15.6. The molecule has 1 aromatic rings. The first-order chi connectivity index (χ1) is 9.99. The molecule has 1 aliphatic rings. The molecule has 4 nitrogen and oxygen atoms in total. The Morgan fingerprint density at radius 3 is 2.38 bits per heavy atom. The molecule has 1 N–H and O–H groups in total. The summed E-state index contributed by atoms with van der Waals surface area (Å²) < 4.78 is 0. The number of benzene rings is 1. The normalized spacial score (nSPS) is 21.5. The molecule has 0 unspecified atom stereocenters. The number of rotatable bonds is 5. The van der Waals surface area contributed by atoms with Gasteiger partial charge in [-0.3, -0.25) is 9.59 Å². The van der Waals surface area contributed by atoms with E-state index in [0.717, 1.165) is 12.0 Å². The van der Waals surface area contributed by atoms with Gasteiger partial charge in [-0.25, -0.2) is 0 Å². The van der Waals surface area contributed by atoms with Crippen LogP contribution in [-0.4, -0.2) is 18.7 Å². The van der Waals surface area contributed by atoms with E-state index in [1.807, 2.05) is 6.07 Å². The first kappa shape index (κ1) is 15.2. The fraction of sp³-hybridized carbons (Fsp3) is 0.471. The van der Waals surface area contributed by atoms with Crippen molar-refractivity contribution in [2.24, 2.45) is 11.8 Å². The van der Waals surface area contributed by atoms with Crippen molar-refractivity contribution in [3.63, 3.8) is 0 Å². The van der Waals surface area contributed by atoms with Crippen molar-refractivity contribution in [2.75, 3.05) is 7.05 Å². The number of nitriles is 1. The molecule has 2 rings (SSSR count). The lowest BCUT2D eigenvalue weighted by Crippen LogP contribution is -2.33. The highest BCUT2D eigenvalue weighted by Crippen LogP contribution is 2.49. The highest BCUT2D eigenvalue weighted by molar-refractivity contribution is 6.06. The van der Waals surface area contributed by atoms with E-state index in [1.54, 1.807) is 0 Å². The van der Waals surface area contributed by atoms with Crippen LogP contribution < -0.4 is 5.32 Å². The van der Waals surface area contributed by atoms with E-state index in [9.17, 15) is 9.59 Å². The van der Waals surface area contributed by atoms with Gasteiger partial charge in [0.15, 0.2) is 11.7 Å². The van der Waals surface area contributed by atoms with Crippen molar-refractivity contribution < 1.29 is 9.59 Å². The number of nitrogens with one attached hydrogen (secondary N) is 1. The van der Waals surface area contributed by atoms with E-state index in [-0.39, 0.29) is 17.6 Å². The van der Waals surface area contributed by atoms with E-state index in [1.165, 1.54) is 12.6 Å². The largest absolute Gasteiger partial charge is 0.358 e. The summed E-state index contributed by atoms with van der Waals surface area (Å²) in [5, 5.41) is 11.4. The number of ketones is 1. The van der Waals surface area contributed by atoms with Crippen LogP contribution in [-0.2, 0) is 9.59 Å². The predicted molar refractivity (Wildman–Crippen MR) is 79.6 cm³/mol. The van der Waals surface area contributed by atoms with Gasteiger partial charge in [0.25, 0.3) is 0 Å². The van der Waals surface area contributed by atoms with Crippen LogP contribution in [0.4, 0.5) is 0 Å². The maximum atomic E-state index is 12.2. The van der Waals surface area contributed by atoms with Gasteiger partial charge in [-0.1, -0.05) is 38.1 Å². The molecule has 0 spiro atoms. The van der Waals surface area contributed by atoms with Gasteiger partial charge in [0, 0.05) is 13.0 Å². The molecule has 1 aromatic carbocycles. The Hall–Kier alpha value is -2.15. The maximum Gasteiger partial charge on any atom is 0.244 e. The topological polar surface area (TPSA) is 70.0 Å². The number of hydrogen-bond acceptors (Lipinski definition) is 3. The zero-order valence-corrected chi connectivity index (χ0v) is 12.6. The smallest absolute Gasteiger partial charge is 0.244 e. The molecule has 1 fully saturated rings. The second kappa shape index (κ2) is 6.09. The third kappa shape index (κ3) is 3.13. The first-order valence-electron chi connectivity index (χ1n) is 7.24. The Bertz CT molecular complexity index is 584. The van der Waals surface area contributed by atoms with Gasteiger partial charge >= 0.3 is 0 Å². The lowest BCUT2D eigenvalue weighted by Gasteiger charge is -2.08. The van der Waals surface area contributed by atoms with Crippen molar-refractivity contribution >= 4 is 11.7 Å². The van der Waals surface area contributed by atoms with Gasteiger partial charge in [0.1, 0.15) is 0 Å². The molecule has 0 aromatic heterocycles. The summed E-state index contributed by atoms with van der Waals surface area (Å²) in [6.45, 7) is 4.28. The molecule has 1 aliphatic carbocycles. The van der Waals surface area contributed by atoms with Crippen LogP contribution in [0.3, 0.4) is 0 Å². The molecule has 0 aliphatic heterocycles. The third-order valence-electron chi connectivity index (χ3n) is 4.11. The van der Waals surface area contributed by atoms with E-state index in [0.29, 0.717) is 5.92 Å². The maximum absolute atomic E-state index is 12.2. The Morgan fingerprint density at radius 2 is 1.90 bits per heavy atom. The van der Waals surface area contributed by atoms with Gasteiger partial charge in [0.05, 0.1) is 6.07 Å². The lowest BCUT2D eigenvalue weighted by molar-refractivity contribution is -0.132. The summed E-state index contributed by atoms with van der Waals surface area (Å²) in [6, 6.07) is 10.1. The van der Waals surface area contributed by atoms with Gasteiger partial charge in [-0.2, -0.15) is 5.26 Å². The molecule has 0 saturated heterocycles. The highest BCUT2D eigenvalue weighted by atomic mass is 16.2. The SMILES string of the molecule is CNC(=O)[C@H](C#N)C(=O)[C@@H]1C[C@@H]1c1ccc(C(C)C)cc1. The van der Waals surface area contributed by atoms with Crippen LogP contribution in [0.15, 0.2) is 24.3 Å². The lowest BCUT2D eigenvalue weighted by atomic mass is 9.96. The molecule has 21 heavy (non-hydrogen) atoms. The van der Waals surface area contributed by atoms with Crippen LogP contribution >= 0.6 is 0 Å². The standard InChI is InChI=1S/C17H20N2O2/c1-10(2)11-4-6-12(7-5-11)13-8-14(13)16(20)15(9-18)17(21)19-3/h4-7,10,13-15H,8H2,1-3H3,(H,19,21)/t13-,14-,15-/m1/s1. The molecule has 1 amide bonds. The molecule has 0 bridgehead atoms. The van der Waals surface area contributed by atoms with E-state index in [4.69, 9.17) is 5.26 Å². The second-order valence-electron chi connectivity index (χ2n) is 5.85. The monoisotopic (exact) mass is 284 g/mol. The van der Waals surface area contributed by atoms with Crippen molar-refractivity contribution in [1.29, 1.82) is 5.26 Å². The zero-order valence-electron chi connectivity index (χ0n) is 12.6. The van der Waals surface area contributed by atoms with Crippen molar-refractivity contribution in [3.05, 3.63) is 35.4 Å². The number of hydrogen-bond donors (Lipinski definition) is 1. The van der Waals surface area contributed by atoms with Crippen LogP contribution in [0.2, 0.25) is 0 Å². The summed E-state index contributed by atoms with van der Waals surface area (Å²) in [7, 11) is 1.44. The number of carbonyl (C=O) groups is 2. The molecular formula is C17H20N2O2. The average molecular weight is 284 g/mol. The number of amides is 1. The predicted octanol–water partition coefficient (Wildman–Crippen LogP) is 2.37. The molecular weight excluding hydrogens is 264 g/mol. The fourth-order valence-corrected chi connectivity index (χ4v) is 2.62. The quantitative estimate of drug-likeness (QED) is 0.844. The average Bonchev–Trinajstić information content (AvgIpc) is 3.28. The van der Waals surface area contributed by atoms with Crippen LogP contribution in [0.5, 0.6) is 0 Å². The highest BCUT2D eigenvalue weighted by Gasteiger charge is 2.47. The summed E-state index contributed by atoms with van der Waals surface area (Å²) in [5.41, 5.74) is 2.38. The van der Waals surface area contributed by atoms with Crippen molar-refractivity contribution in [3.8, 4) is 6.07 Å². The van der Waals surface area contributed by atoms with Crippen molar-refractivity contribution in [1.82, 2.24) is 5.32 Å². The van der Waals surface area contributed by atoms with Crippen molar-refractivity contribution in [2.45, 2.75) is 32.1 Å². The first-order valence-corrected chi connectivity index (χ1v) is 7.24.